The molecule has 0 spiro atoms. The number of nitrogens with one attached hydrogen (secondary N) is 2. The van der Waals surface area contributed by atoms with Crippen LogP contribution in [0.5, 0.6) is 0 Å². The van der Waals surface area contributed by atoms with Gasteiger partial charge >= 0.3 is 0 Å². The van der Waals surface area contributed by atoms with Crippen LogP contribution >= 0.6 is 43.2 Å². The number of rotatable bonds is 3. The normalized spacial score (nSPS) is 21.7. The van der Waals surface area contributed by atoms with Crippen LogP contribution in [0.3, 0.4) is 0 Å². The van der Waals surface area contributed by atoms with Crippen LogP contribution < -0.4 is 10.6 Å². The van der Waals surface area contributed by atoms with Crippen molar-refractivity contribution in [3.63, 3.8) is 0 Å². The van der Waals surface area contributed by atoms with Gasteiger partial charge in [0.15, 0.2) is 5.96 Å². The minimum Gasteiger partial charge on any atom is -0.340 e. The van der Waals surface area contributed by atoms with Crippen LogP contribution in [0, 0.1) is 0 Å². The van der Waals surface area contributed by atoms with E-state index in [0.717, 1.165) is 19.6 Å². The zero-order valence-electron chi connectivity index (χ0n) is 9.09. The number of hydrogen-bond acceptors (Lipinski definition) is 3. The molecule has 0 aliphatic carbocycles. The molecule has 1 aliphatic heterocycles. The van der Waals surface area contributed by atoms with Crippen molar-refractivity contribution in [2.24, 2.45) is 4.99 Å². The minimum absolute atomic E-state index is 0.0545. The largest absolute Gasteiger partial charge is 0.340 e. The van der Waals surface area contributed by atoms with Crippen molar-refractivity contribution >= 4 is 55.1 Å². The Morgan fingerprint density at radius 1 is 1.53 bits per heavy atom. The molecule has 7 heteroatoms. The Bertz CT molecular complexity index is 453. The van der Waals surface area contributed by atoms with Crippen LogP contribution in [0.4, 0.5) is 0 Å². The topological polar surface area (TPSA) is 53.5 Å². The molecule has 1 aromatic heterocycles. The van der Waals surface area contributed by atoms with E-state index in [0.29, 0.717) is 12.5 Å². The van der Waals surface area contributed by atoms with Crippen LogP contribution in [-0.4, -0.2) is 18.4 Å². The Morgan fingerprint density at radius 2 is 2.29 bits per heavy atom. The van der Waals surface area contributed by atoms with Crippen molar-refractivity contribution in [3.05, 3.63) is 19.2 Å². The average molecular weight is 381 g/mol. The summed E-state index contributed by atoms with van der Waals surface area (Å²) in [6, 6.07) is 1.60. The van der Waals surface area contributed by atoms with Crippen LogP contribution in [0.1, 0.15) is 24.3 Å². The van der Waals surface area contributed by atoms with Gasteiger partial charge in [-0.1, -0.05) is 6.92 Å². The van der Waals surface area contributed by atoms with Crippen LogP contribution in [0.2, 0.25) is 0 Å². The van der Waals surface area contributed by atoms with E-state index in [4.69, 9.17) is 0 Å². The molecule has 0 bridgehead atoms. The van der Waals surface area contributed by atoms with E-state index in [1.165, 1.54) is 11.3 Å². The van der Waals surface area contributed by atoms with Crippen molar-refractivity contribution in [1.29, 1.82) is 0 Å². The fraction of sp³-hybridized carbons (Fsp3) is 0.400. The molecular formula is C10H11Br2N3OS. The highest BCUT2D eigenvalue weighted by Crippen LogP contribution is 2.36. The number of carbonyl (C=O) groups is 1. The minimum atomic E-state index is -0.335. The maximum atomic E-state index is 11.8. The predicted molar refractivity (Wildman–Crippen MR) is 76.3 cm³/mol. The summed E-state index contributed by atoms with van der Waals surface area (Å²) >= 11 is 8.37. The van der Waals surface area contributed by atoms with Crippen molar-refractivity contribution in [2.45, 2.75) is 19.4 Å². The number of thiophene rings is 1. The molecule has 4 nitrogen and oxygen atoms in total. The first kappa shape index (κ1) is 13.0. The molecule has 1 saturated heterocycles. The van der Waals surface area contributed by atoms with Crippen LogP contribution in [0.25, 0.3) is 0 Å². The molecule has 1 fully saturated rings. The molecule has 2 N–H and O–H groups in total. The van der Waals surface area contributed by atoms with E-state index in [2.05, 4.69) is 47.5 Å². The second-order valence-corrected chi connectivity index (χ2v) is 6.82. The van der Waals surface area contributed by atoms with Gasteiger partial charge in [-0.3, -0.25) is 15.1 Å². The van der Waals surface area contributed by atoms with Gasteiger partial charge in [-0.2, -0.15) is 0 Å². The lowest BCUT2D eigenvalue weighted by atomic mass is 10.2. The highest BCUT2D eigenvalue weighted by molar-refractivity contribution is 9.13. The zero-order chi connectivity index (χ0) is 12.4. The summed E-state index contributed by atoms with van der Waals surface area (Å²) in [7, 11) is 0. The lowest BCUT2D eigenvalue weighted by molar-refractivity contribution is -0.120. The molecule has 1 atom stereocenters. The van der Waals surface area contributed by atoms with Gasteiger partial charge in [0, 0.05) is 15.9 Å². The van der Waals surface area contributed by atoms with Crippen molar-refractivity contribution in [3.8, 4) is 0 Å². The Morgan fingerprint density at radius 3 is 2.88 bits per heavy atom. The zero-order valence-corrected chi connectivity index (χ0v) is 13.1. The van der Waals surface area contributed by atoms with Gasteiger partial charge in [0.25, 0.3) is 5.91 Å². The first-order chi connectivity index (χ1) is 8.11. The lowest BCUT2D eigenvalue weighted by Crippen LogP contribution is -2.25. The molecule has 1 unspecified atom stereocenters. The second-order valence-electron chi connectivity index (χ2n) is 3.57. The average Bonchev–Trinajstić information content (AvgIpc) is 2.80. The van der Waals surface area contributed by atoms with Crippen molar-refractivity contribution in [2.75, 3.05) is 6.54 Å². The third-order valence-electron chi connectivity index (χ3n) is 2.23. The van der Waals surface area contributed by atoms with Gasteiger partial charge in [-0.15, -0.1) is 11.3 Å². The lowest BCUT2D eigenvalue weighted by Gasteiger charge is -2.03. The summed E-state index contributed by atoms with van der Waals surface area (Å²) in [4.78, 5) is 17.0. The van der Waals surface area contributed by atoms with Gasteiger partial charge in [0.05, 0.1) is 3.79 Å². The van der Waals surface area contributed by atoms with Crippen molar-refractivity contribution in [1.82, 2.24) is 10.6 Å². The van der Waals surface area contributed by atoms with Gasteiger partial charge in [0.1, 0.15) is 6.04 Å². The van der Waals surface area contributed by atoms with E-state index in [-0.39, 0.29) is 11.9 Å². The van der Waals surface area contributed by atoms with E-state index >= 15 is 0 Å². The van der Waals surface area contributed by atoms with Crippen molar-refractivity contribution < 1.29 is 4.79 Å². The van der Waals surface area contributed by atoms with Gasteiger partial charge in [-0.25, -0.2) is 0 Å². The molecule has 0 aromatic carbocycles. The highest BCUT2D eigenvalue weighted by Gasteiger charge is 2.31. The summed E-state index contributed by atoms with van der Waals surface area (Å²) in [6.45, 7) is 2.76. The maximum absolute atomic E-state index is 11.8. The Labute approximate surface area is 120 Å². The number of carbonyl (C=O) groups excluding carboxylic acids is 1. The van der Waals surface area contributed by atoms with E-state index < -0.39 is 0 Å². The third-order valence-corrected chi connectivity index (χ3v) is 5.55. The molecule has 1 aromatic rings. The van der Waals surface area contributed by atoms with Gasteiger partial charge in [-0.05, 0) is 44.3 Å². The molecule has 2 heterocycles. The number of aliphatic imine (C=N–C) groups is 1. The molecule has 1 amide bonds. The fourth-order valence-corrected chi connectivity index (χ4v) is 3.58. The summed E-state index contributed by atoms with van der Waals surface area (Å²) in [5, 5.41) is 5.83. The van der Waals surface area contributed by atoms with Crippen LogP contribution in [-0.2, 0) is 4.79 Å². The number of nitrogens with zero attached hydrogens (tertiary/aromatic N) is 1. The molecule has 92 valence electrons. The van der Waals surface area contributed by atoms with E-state index in [1.807, 2.05) is 13.0 Å². The number of amides is 1. The van der Waals surface area contributed by atoms with Gasteiger partial charge < -0.3 is 5.32 Å². The summed E-state index contributed by atoms with van der Waals surface area (Å²) < 4.78 is 1.95. The summed E-state index contributed by atoms with van der Waals surface area (Å²) in [5.74, 6) is 0.517. The Balaban J connectivity index is 2.15. The molecule has 0 radical (unpaired) electrons. The fourth-order valence-electron chi connectivity index (χ4n) is 1.44. The molecular weight excluding hydrogens is 370 g/mol. The molecule has 1 aliphatic rings. The number of guanidine groups is 1. The number of halogens is 2. The Hall–Kier alpha value is -0.400. The molecule has 2 rings (SSSR count). The Kier molecular flexibility index (Phi) is 4.22. The quantitative estimate of drug-likeness (QED) is 0.847. The standard InChI is InChI=1S/C10H11Br2N3OS/c1-2-3-13-10-14-7(9(16)15-10)6-4-5(11)8(12)17-6/h4,7H,2-3H2,1H3,(H2,13,14,15,16). The highest BCUT2D eigenvalue weighted by atomic mass is 79.9. The SMILES string of the molecule is CCCN=C1NC(=O)C(c2cc(Br)c(Br)s2)N1. The smallest absolute Gasteiger partial charge is 0.254 e. The van der Waals surface area contributed by atoms with Crippen LogP contribution in [0.15, 0.2) is 19.3 Å². The monoisotopic (exact) mass is 379 g/mol. The van der Waals surface area contributed by atoms with E-state index in [9.17, 15) is 4.79 Å². The van der Waals surface area contributed by atoms with Gasteiger partial charge in [0.2, 0.25) is 0 Å². The number of hydrogen-bond donors (Lipinski definition) is 2. The maximum Gasteiger partial charge on any atom is 0.254 e. The molecule has 0 saturated carbocycles. The first-order valence-corrected chi connectivity index (χ1v) is 7.58. The second kappa shape index (κ2) is 5.49. The summed E-state index contributed by atoms with van der Waals surface area (Å²) in [6.07, 6.45) is 0.960. The summed E-state index contributed by atoms with van der Waals surface area (Å²) in [5.41, 5.74) is 0. The predicted octanol–water partition coefficient (Wildman–Crippen LogP) is 2.80. The first-order valence-electron chi connectivity index (χ1n) is 5.18. The third kappa shape index (κ3) is 2.89. The molecule has 17 heavy (non-hydrogen) atoms. The van der Waals surface area contributed by atoms with E-state index in [1.54, 1.807) is 0 Å².